The molecular formula is C23H29NO5. The molecule has 1 aliphatic carbocycles. The van der Waals surface area contributed by atoms with Gasteiger partial charge < -0.3 is 19.5 Å². The van der Waals surface area contributed by atoms with Gasteiger partial charge in [-0.2, -0.15) is 0 Å². The maximum atomic E-state index is 13.3. The molecule has 0 amide bonds. The fourth-order valence-electron chi connectivity index (χ4n) is 4.36. The van der Waals surface area contributed by atoms with E-state index in [4.69, 9.17) is 14.2 Å². The molecular weight excluding hydrogens is 370 g/mol. The van der Waals surface area contributed by atoms with E-state index >= 15 is 0 Å². The third-order valence-electron chi connectivity index (χ3n) is 5.51. The molecule has 0 spiro atoms. The van der Waals surface area contributed by atoms with Gasteiger partial charge in [-0.25, -0.2) is 4.79 Å². The summed E-state index contributed by atoms with van der Waals surface area (Å²) >= 11 is 0. The lowest BCUT2D eigenvalue weighted by Crippen LogP contribution is -2.43. The van der Waals surface area contributed by atoms with E-state index in [0.717, 1.165) is 11.3 Å². The number of esters is 1. The number of rotatable bonds is 5. The molecule has 156 valence electrons. The lowest BCUT2D eigenvalue weighted by Gasteiger charge is -2.41. The summed E-state index contributed by atoms with van der Waals surface area (Å²) < 4.78 is 16.3. The first-order valence-electron chi connectivity index (χ1n) is 9.84. The van der Waals surface area contributed by atoms with Gasteiger partial charge in [0.05, 0.1) is 32.3 Å². The number of allylic oxidation sites excluding steroid dienone is 3. The van der Waals surface area contributed by atoms with Crippen LogP contribution in [0.2, 0.25) is 0 Å². The molecule has 1 aromatic rings. The molecule has 0 saturated carbocycles. The van der Waals surface area contributed by atoms with Gasteiger partial charge in [0.2, 0.25) is 0 Å². The monoisotopic (exact) mass is 399 g/mol. The van der Waals surface area contributed by atoms with Gasteiger partial charge in [0.15, 0.2) is 0 Å². The minimum absolute atomic E-state index is 0.0946. The Balaban J connectivity index is 2.24. The Labute approximate surface area is 171 Å². The van der Waals surface area contributed by atoms with Crippen LogP contribution < -0.4 is 14.8 Å². The number of ether oxygens (including phenoxy) is 3. The highest BCUT2D eigenvalue weighted by Crippen LogP contribution is 2.49. The number of ketones is 1. The van der Waals surface area contributed by atoms with Gasteiger partial charge in [-0.1, -0.05) is 26.0 Å². The van der Waals surface area contributed by atoms with Crippen LogP contribution in [0.25, 0.3) is 0 Å². The van der Waals surface area contributed by atoms with Gasteiger partial charge in [-0.3, -0.25) is 4.79 Å². The number of fused-ring (bicyclic) bond motifs is 1. The summed E-state index contributed by atoms with van der Waals surface area (Å²) in [5.41, 5.74) is 2.51. The van der Waals surface area contributed by atoms with Gasteiger partial charge in [-0.15, -0.1) is 0 Å². The number of nitrogens with one attached hydrogen (secondary N) is 1. The molecule has 0 radical (unpaired) electrons. The second kappa shape index (κ2) is 7.93. The van der Waals surface area contributed by atoms with E-state index in [1.807, 2.05) is 32.9 Å². The summed E-state index contributed by atoms with van der Waals surface area (Å²) in [6.45, 7) is 7.96. The van der Waals surface area contributed by atoms with Crippen LogP contribution in [0.5, 0.6) is 11.5 Å². The van der Waals surface area contributed by atoms with Crippen LogP contribution in [-0.2, 0) is 14.3 Å². The van der Waals surface area contributed by atoms with Gasteiger partial charge in [-0.05, 0) is 25.3 Å². The van der Waals surface area contributed by atoms with Crippen LogP contribution in [0.3, 0.4) is 0 Å². The minimum atomic E-state index is -0.494. The summed E-state index contributed by atoms with van der Waals surface area (Å²) in [4.78, 5) is 26.2. The van der Waals surface area contributed by atoms with Gasteiger partial charge in [0.1, 0.15) is 17.3 Å². The fraction of sp³-hybridized carbons (Fsp3) is 0.478. The minimum Gasteiger partial charge on any atom is -0.497 e. The van der Waals surface area contributed by atoms with Crippen molar-refractivity contribution in [2.45, 2.75) is 40.0 Å². The molecule has 6 heteroatoms. The van der Waals surface area contributed by atoms with Crippen molar-refractivity contribution in [3.05, 3.63) is 46.8 Å². The van der Waals surface area contributed by atoms with E-state index in [2.05, 4.69) is 11.4 Å². The molecule has 0 fully saturated rings. The summed E-state index contributed by atoms with van der Waals surface area (Å²) in [7, 11) is 3.16. The Bertz CT molecular complexity index is 897. The Morgan fingerprint density at radius 2 is 1.93 bits per heavy atom. The first-order valence-corrected chi connectivity index (χ1v) is 9.84. The lowest BCUT2D eigenvalue weighted by atomic mass is 9.66. The number of benzene rings is 1. The predicted octanol–water partition coefficient (Wildman–Crippen LogP) is 3.73. The van der Waals surface area contributed by atoms with Gasteiger partial charge in [0.25, 0.3) is 0 Å². The van der Waals surface area contributed by atoms with E-state index in [1.165, 1.54) is 0 Å². The zero-order chi connectivity index (χ0) is 21.3. The molecule has 1 aliphatic heterocycles. The first-order chi connectivity index (χ1) is 13.7. The largest absolute Gasteiger partial charge is 0.497 e. The molecule has 2 aliphatic rings. The van der Waals surface area contributed by atoms with Crippen molar-refractivity contribution in [1.82, 2.24) is 5.32 Å². The van der Waals surface area contributed by atoms with E-state index in [1.54, 1.807) is 27.2 Å². The molecule has 2 atom stereocenters. The normalized spacial score (nSPS) is 23.0. The number of carbonyl (C=O) groups is 2. The zero-order valence-electron chi connectivity index (χ0n) is 17.9. The molecule has 0 bridgehead atoms. The van der Waals surface area contributed by atoms with E-state index in [0.29, 0.717) is 29.2 Å². The molecule has 6 nitrogen and oxygen atoms in total. The Hall–Kier alpha value is -2.76. The average molecular weight is 399 g/mol. The molecule has 2 unspecified atom stereocenters. The number of methoxy groups -OCH3 is 2. The van der Waals surface area contributed by atoms with Crippen molar-refractivity contribution in [1.29, 1.82) is 0 Å². The maximum Gasteiger partial charge on any atom is 0.336 e. The molecule has 1 aromatic carbocycles. The maximum absolute atomic E-state index is 13.3. The summed E-state index contributed by atoms with van der Waals surface area (Å²) in [5.74, 6) is -0.0960. The van der Waals surface area contributed by atoms with E-state index < -0.39 is 17.8 Å². The third-order valence-corrected chi connectivity index (χ3v) is 5.51. The van der Waals surface area contributed by atoms with Gasteiger partial charge in [0, 0.05) is 35.4 Å². The molecule has 1 N–H and O–H groups in total. The van der Waals surface area contributed by atoms with Crippen molar-refractivity contribution in [2.24, 2.45) is 11.3 Å². The van der Waals surface area contributed by atoms with Crippen molar-refractivity contribution < 1.29 is 23.8 Å². The Kier molecular flexibility index (Phi) is 5.73. The SMILES string of the molecule is CCOC(=O)C1=C(C)NC2=CC(C)(C)CC(=O)C2C1c1ccc(OC)cc1OC. The zero-order valence-corrected chi connectivity index (χ0v) is 17.9. The van der Waals surface area contributed by atoms with Crippen molar-refractivity contribution in [3.8, 4) is 11.5 Å². The Morgan fingerprint density at radius 1 is 1.21 bits per heavy atom. The van der Waals surface area contributed by atoms with Gasteiger partial charge >= 0.3 is 5.97 Å². The smallest absolute Gasteiger partial charge is 0.336 e. The molecule has 3 rings (SSSR count). The summed E-state index contributed by atoms with van der Waals surface area (Å²) in [5, 5.41) is 3.31. The highest BCUT2D eigenvalue weighted by molar-refractivity contribution is 5.96. The van der Waals surface area contributed by atoms with Crippen molar-refractivity contribution in [3.63, 3.8) is 0 Å². The van der Waals surface area contributed by atoms with Crippen LogP contribution in [0.15, 0.2) is 41.2 Å². The predicted molar refractivity (Wildman–Crippen MR) is 110 cm³/mol. The topological polar surface area (TPSA) is 73.9 Å². The second-order valence-electron chi connectivity index (χ2n) is 8.18. The lowest BCUT2D eigenvalue weighted by molar-refractivity contribution is -0.139. The number of hydrogen-bond acceptors (Lipinski definition) is 6. The van der Waals surface area contributed by atoms with Crippen LogP contribution in [-0.4, -0.2) is 32.6 Å². The molecule has 0 saturated heterocycles. The summed E-state index contributed by atoms with van der Waals surface area (Å²) in [6, 6.07) is 5.46. The highest BCUT2D eigenvalue weighted by atomic mass is 16.5. The highest BCUT2D eigenvalue weighted by Gasteiger charge is 2.47. The van der Waals surface area contributed by atoms with Crippen LogP contribution in [0, 0.1) is 11.3 Å². The van der Waals surface area contributed by atoms with Crippen molar-refractivity contribution >= 4 is 11.8 Å². The number of carbonyl (C=O) groups excluding carboxylic acids is 2. The summed E-state index contributed by atoms with van der Waals surface area (Å²) in [6.07, 6.45) is 2.51. The number of Topliss-reactive ketones (excluding diaryl/α,β-unsaturated/α-hetero) is 1. The molecule has 1 heterocycles. The van der Waals surface area contributed by atoms with E-state index in [-0.39, 0.29) is 17.8 Å². The average Bonchev–Trinajstić information content (AvgIpc) is 2.65. The molecule has 29 heavy (non-hydrogen) atoms. The third kappa shape index (κ3) is 3.88. The quantitative estimate of drug-likeness (QED) is 0.761. The second-order valence-corrected chi connectivity index (χ2v) is 8.18. The van der Waals surface area contributed by atoms with E-state index in [9.17, 15) is 9.59 Å². The van der Waals surface area contributed by atoms with Crippen molar-refractivity contribution in [2.75, 3.05) is 20.8 Å². The molecule has 0 aromatic heterocycles. The van der Waals surface area contributed by atoms with Crippen LogP contribution in [0.4, 0.5) is 0 Å². The van der Waals surface area contributed by atoms with Crippen LogP contribution in [0.1, 0.15) is 45.6 Å². The fourth-order valence-corrected chi connectivity index (χ4v) is 4.36. The number of hydrogen-bond donors (Lipinski definition) is 1. The van der Waals surface area contributed by atoms with Crippen LogP contribution >= 0.6 is 0 Å². The Morgan fingerprint density at radius 3 is 2.55 bits per heavy atom. The first kappa shape index (κ1) is 21.0. The standard InChI is InChI=1S/C23H29NO5/c1-7-29-22(26)19-13(2)24-16-11-23(3,4)12-17(25)21(16)20(19)15-9-8-14(27-5)10-18(15)28-6/h8-11,20-21,24H,7,12H2,1-6H3.